The highest BCUT2D eigenvalue weighted by molar-refractivity contribution is 7.80. The van der Waals surface area contributed by atoms with Crippen LogP contribution in [0.5, 0.6) is 0 Å². The van der Waals surface area contributed by atoms with E-state index in [0.29, 0.717) is 11.4 Å². The molecule has 0 saturated heterocycles. The zero-order chi connectivity index (χ0) is 13.1. The molecule has 2 aromatic heterocycles. The lowest BCUT2D eigenvalue weighted by Gasteiger charge is -2.07. The zero-order valence-electron chi connectivity index (χ0n) is 10.8. The van der Waals surface area contributed by atoms with Crippen LogP contribution in [-0.4, -0.2) is 19.5 Å². The van der Waals surface area contributed by atoms with Crippen LogP contribution in [-0.2, 0) is 13.0 Å². The molecule has 5 heteroatoms. The summed E-state index contributed by atoms with van der Waals surface area (Å²) in [7, 11) is 0. The highest BCUT2D eigenvalue weighted by Gasteiger charge is 2.11. The summed E-state index contributed by atoms with van der Waals surface area (Å²) in [4.78, 5) is 9.67. The molecule has 0 aliphatic rings. The van der Waals surface area contributed by atoms with Gasteiger partial charge in [0.1, 0.15) is 11.3 Å². The molecule has 0 spiro atoms. The van der Waals surface area contributed by atoms with Gasteiger partial charge >= 0.3 is 0 Å². The predicted molar refractivity (Wildman–Crippen MR) is 77.7 cm³/mol. The average Bonchev–Trinajstić information content (AvgIpc) is 2.63. The minimum Gasteiger partial charge on any atom is -0.393 e. The summed E-state index contributed by atoms with van der Waals surface area (Å²) in [5.41, 5.74) is 8.60. The Morgan fingerprint density at radius 3 is 2.94 bits per heavy atom. The van der Waals surface area contributed by atoms with Gasteiger partial charge in [-0.1, -0.05) is 19.1 Å². The Bertz CT molecular complexity index is 574. The summed E-state index contributed by atoms with van der Waals surface area (Å²) < 4.78 is 2.14. The lowest BCUT2D eigenvalue weighted by atomic mass is 10.3. The van der Waals surface area contributed by atoms with Crippen LogP contribution in [0.1, 0.15) is 31.2 Å². The van der Waals surface area contributed by atoms with Crippen molar-refractivity contribution >= 4 is 28.4 Å². The molecule has 0 bridgehead atoms. The molecule has 2 aromatic rings. The molecule has 4 nitrogen and oxygen atoms in total. The van der Waals surface area contributed by atoms with Crippen molar-refractivity contribution in [1.29, 1.82) is 0 Å². The van der Waals surface area contributed by atoms with E-state index >= 15 is 0 Å². The Labute approximate surface area is 112 Å². The van der Waals surface area contributed by atoms with E-state index in [2.05, 4.69) is 27.5 Å². The number of aryl methyl sites for hydroxylation is 3. The summed E-state index contributed by atoms with van der Waals surface area (Å²) in [6, 6.07) is 2.07. The van der Waals surface area contributed by atoms with Gasteiger partial charge in [0.25, 0.3) is 0 Å². The molecular weight excluding hydrogens is 244 g/mol. The molecular formula is C13H18N4S. The minimum absolute atomic E-state index is 0.534. The second-order valence-electron chi connectivity index (χ2n) is 4.50. The largest absolute Gasteiger partial charge is 0.393 e. The molecule has 96 valence electrons. The first kappa shape index (κ1) is 13.0. The molecule has 2 rings (SSSR count). The van der Waals surface area contributed by atoms with Gasteiger partial charge in [-0.2, -0.15) is 0 Å². The highest BCUT2D eigenvalue weighted by atomic mass is 32.1. The van der Waals surface area contributed by atoms with Crippen molar-refractivity contribution in [3.63, 3.8) is 0 Å². The smallest absolute Gasteiger partial charge is 0.160 e. The van der Waals surface area contributed by atoms with Crippen LogP contribution < -0.4 is 5.73 Å². The highest BCUT2D eigenvalue weighted by Crippen LogP contribution is 2.17. The second kappa shape index (κ2) is 5.44. The molecule has 0 saturated carbocycles. The summed E-state index contributed by atoms with van der Waals surface area (Å²) in [6.07, 6.45) is 4.58. The maximum Gasteiger partial charge on any atom is 0.160 e. The monoisotopic (exact) mass is 262 g/mol. The van der Waals surface area contributed by atoms with Gasteiger partial charge < -0.3 is 10.3 Å². The van der Waals surface area contributed by atoms with Gasteiger partial charge in [-0.05, 0) is 25.0 Å². The van der Waals surface area contributed by atoms with E-state index in [1.54, 1.807) is 0 Å². The number of imidazole rings is 1. The van der Waals surface area contributed by atoms with Gasteiger partial charge in [-0.3, -0.25) is 0 Å². The Morgan fingerprint density at radius 2 is 2.28 bits per heavy atom. The number of pyridine rings is 1. The molecule has 2 heterocycles. The van der Waals surface area contributed by atoms with Gasteiger partial charge in [0.2, 0.25) is 0 Å². The number of nitrogens with zero attached hydrogens (tertiary/aromatic N) is 3. The Hall–Kier alpha value is -1.49. The van der Waals surface area contributed by atoms with Gasteiger partial charge in [-0.25, -0.2) is 9.97 Å². The normalized spacial score (nSPS) is 11.0. The minimum atomic E-state index is 0.534. The molecule has 0 aliphatic carbocycles. The molecule has 0 aliphatic heterocycles. The molecule has 0 unspecified atom stereocenters. The van der Waals surface area contributed by atoms with Crippen LogP contribution in [0.25, 0.3) is 11.2 Å². The van der Waals surface area contributed by atoms with Crippen molar-refractivity contribution < 1.29 is 0 Å². The van der Waals surface area contributed by atoms with Crippen molar-refractivity contribution in [3.8, 4) is 0 Å². The molecule has 0 amide bonds. The first-order chi connectivity index (χ1) is 8.61. The summed E-state index contributed by atoms with van der Waals surface area (Å²) >= 11 is 4.94. The van der Waals surface area contributed by atoms with Crippen LogP contribution in [0.15, 0.2) is 12.3 Å². The Balaban J connectivity index is 2.44. The first-order valence-electron chi connectivity index (χ1n) is 6.22. The van der Waals surface area contributed by atoms with Crippen molar-refractivity contribution in [2.75, 3.05) is 0 Å². The third kappa shape index (κ3) is 2.67. The van der Waals surface area contributed by atoms with E-state index in [-0.39, 0.29) is 0 Å². The predicted octanol–water partition coefficient (Wildman–Crippen LogP) is 2.37. The van der Waals surface area contributed by atoms with E-state index in [1.807, 2.05) is 13.1 Å². The fourth-order valence-electron chi connectivity index (χ4n) is 2.03. The van der Waals surface area contributed by atoms with E-state index in [4.69, 9.17) is 18.0 Å². The van der Waals surface area contributed by atoms with Crippen molar-refractivity contribution in [2.24, 2.45) is 5.73 Å². The number of fused-ring (bicyclic) bond motifs is 1. The lowest BCUT2D eigenvalue weighted by molar-refractivity contribution is 0.674. The van der Waals surface area contributed by atoms with Gasteiger partial charge in [0.15, 0.2) is 5.65 Å². The van der Waals surface area contributed by atoms with Gasteiger partial charge in [0, 0.05) is 25.6 Å². The summed E-state index contributed by atoms with van der Waals surface area (Å²) in [5.74, 6) is 1.07. The van der Waals surface area contributed by atoms with Crippen LogP contribution >= 0.6 is 12.2 Å². The topological polar surface area (TPSA) is 56.7 Å². The van der Waals surface area contributed by atoms with Gasteiger partial charge in [0.05, 0.1) is 4.99 Å². The third-order valence-corrected chi connectivity index (χ3v) is 3.06. The zero-order valence-corrected chi connectivity index (χ0v) is 11.6. The Kier molecular flexibility index (Phi) is 3.91. The number of rotatable bonds is 5. The van der Waals surface area contributed by atoms with Crippen molar-refractivity contribution in [1.82, 2.24) is 14.5 Å². The van der Waals surface area contributed by atoms with Crippen LogP contribution in [0, 0.1) is 6.92 Å². The number of hydrogen-bond donors (Lipinski definition) is 1. The second-order valence-corrected chi connectivity index (χ2v) is 5.03. The molecule has 0 radical (unpaired) electrons. The SMILES string of the molecule is CCCc1nc2cc(C)cnc2n1CCC(N)=S. The maximum atomic E-state index is 5.58. The van der Waals surface area contributed by atoms with E-state index in [0.717, 1.165) is 41.9 Å². The molecule has 0 fully saturated rings. The Morgan fingerprint density at radius 1 is 1.50 bits per heavy atom. The molecule has 0 aromatic carbocycles. The van der Waals surface area contributed by atoms with Crippen molar-refractivity contribution in [3.05, 3.63) is 23.7 Å². The molecule has 2 N–H and O–H groups in total. The van der Waals surface area contributed by atoms with Crippen LogP contribution in [0.4, 0.5) is 0 Å². The fourth-order valence-corrected chi connectivity index (χ4v) is 2.12. The third-order valence-electron chi connectivity index (χ3n) is 2.86. The average molecular weight is 262 g/mol. The maximum absolute atomic E-state index is 5.58. The van der Waals surface area contributed by atoms with Gasteiger partial charge in [-0.15, -0.1) is 0 Å². The fraction of sp³-hybridized carbons (Fsp3) is 0.462. The first-order valence-corrected chi connectivity index (χ1v) is 6.62. The number of thiocarbonyl (C=S) groups is 1. The molecule has 0 atom stereocenters. The summed E-state index contributed by atoms with van der Waals surface area (Å²) in [5, 5.41) is 0. The number of hydrogen-bond acceptors (Lipinski definition) is 3. The van der Waals surface area contributed by atoms with E-state index in [9.17, 15) is 0 Å². The van der Waals surface area contributed by atoms with Crippen LogP contribution in [0.2, 0.25) is 0 Å². The number of aromatic nitrogens is 3. The summed E-state index contributed by atoms with van der Waals surface area (Å²) in [6.45, 7) is 4.94. The standard InChI is InChI=1S/C13H18N4S/c1-3-4-12-16-10-7-9(2)8-15-13(10)17(12)6-5-11(14)18/h7-8H,3-6H2,1-2H3,(H2,14,18). The van der Waals surface area contributed by atoms with Crippen LogP contribution in [0.3, 0.4) is 0 Å². The van der Waals surface area contributed by atoms with E-state index < -0.39 is 0 Å². The number of nitrogens with two attached hydrogens (primary N) is 1. The quantitative estimate of drug-likeness (QED) is 0.840. The molecule has 18 heavy (non-hydrogen) atoms. The van der Waals surface area contributed by atoms with Crippen molar-refractivity contribution in [2.45, 2.75) is 39.7 Å². The lowest BCUT2D eigenvalue weighted by Crippen LogP contribution is -2.13. The van der Waals surface area contributed by atoms with E-state index in [1.165, 1.54) is 0 Å².